The summed E-state index contributed by atoms with van der Waals surface area (Å²) in [6.07, 6.45) is 4.84. The van der Waals surface area contributed by atoms with Gasteiger partial charge in [-0.05, 0) is 35.1 Å². The lowest BCUT2D eigenvalue weighted by Gasteiger charge is -2.08. The number of nitrogens with zero attached hydrogens (tertiary/aromatic N) is 1. The number of thiophene rings is 1. The first-order valence-corrected chi connectivity index (χ1v) is 9.14. The lowest BCUT2D eigenvalue weighted by Crippen LogP contribution is -2.20. The summed E-state index contributed by atoms with van der Waals surface area (Å²) in [6, 6.07) is 14.7. The third kappa shape index (κ3) is 4.43. The van der Waals surface area contributed by atoms with Crippen LogP contribution >= 0.6 is 11.3 Å². The van der Waals surface area contributed by atoms with Crippen molar-refractivity contribution < 1.29 is 4.74 Å². The summed E-state index contributed by atoms with van der Waals surface area (Å²) in [4.78, 5) is 4.35. The predicted molar refractivity (Wildman–Crippen MR) is 101 cm³/mol. The monoisotopic (exact) mass is 338 g/mol. The van der Waals surface area contributed by atoms with E-state index in [0.29, 0.717) is 6.61 Å². The molecule has 3 aromatic rings. The maximum Gasteiger partial charge on any atom is 0.176 e. The maximum absolute atomic E-state index is 5.84. The quantitative estimate of drug-likeness (QED) is 0.612. The van der Waals surface area contributed by atoms with Crippen molar-refractivity contribution in [2.24, 2.45) is 0 Å². The molecule has 0 aliphatic rings. The highest BCUT2D eigenvalue weighted by Gasteiger charge is 2.03. The van der Waals surface area contributed by atoms with Crippen LogP contribution in [0.25, 0.3) is 11.1 Å². The molecule has 3 rings (SSSR count). The van der Waals surface area contributed by atoms with Crippen molar-refractivity contribution in [1.29, 1.82) is 0 Å². The van der Waals surface area contributed by atoms with E-state index in [9.17, 15) is 0 Å². The van der Waals surface area contributed by atoms with Gasteiger partial charge in [0.2, 0.25) is 0 Å². The van der Waals surface area contributed by atoms with Crippen molar-refractivity contribution >= 4 is 11.3 Å². The molecule has 0 radical (unpaired) electrons. The fraction of sp³-hybridized carbons (Fsp3) is 0.250. The molecule has 4 heteroatoms. The Hall–Kier alpha value is -2.17. The van der Waals surface area contributed by atoms with E-state index in [1.807, 2.05) is 30.6 Å². The van der Waals surface area contributed by atoms with E-state index in [2.05, 4.69) is 46.9 Å². The van der Waals surface area contributed by atoms with Crippen LogP contribution in [0.15, 0.2) is 60.2 Å². The van der Waals surface area contributed by atoms with Crippen molar-refractivity contribution in [2.75, 3.05) is 13.2 Å². The van der Waals surface area contributed by atoms with Crippen LogP contribution in [-0.4, -0.2) is 18.1 Å². The molecule has 1 aromatic carbocycles. The summed E-state index contributed by atoms with van der Waals surface area (Å²) in [6.45, 7) is 4.44. The van der Waals surface area contributed by atoms with Gasteiger partial charge in [-0.1, -0.05) is 37.3 Å². The van der Waals surface area contributed by atoms with E-state index in [1.165, 1.54) is 16.7 Å². The van der Waals surface area contributed by atoms with E-state index >= 15 is 0 Å². The van der Waals surface area contributed by atoms with E-state index in [1.54, 1.807) is 11.3 Å². The number of nitrogens with one attached hydrogen (secondary N) is 1. The Morgan fingerprint density at radius 1 is 1.08 bits per heavy atom. The summed E-state index contributed by atoms with van der Waals surface area (Å²) < 4.78 is 5.84. The minimum absolute atomic E-state index is 0.680. The molecule has 0 aliphatic heterocycles. The van der Waals surface area contributed by atoms with Gasteiger partial charge < -0.3 is 10.1 Å². The molecule has 0 bridgehead atoms. The number of pyridine rings is 1. The first-order valence-electron chi connectivity index (χ1n) is 8.26. The van der Waals surface area contributed by atoms with Crippen LogP contribution in [0.5, 0.6) is 5.06 Å². The fourth-order valence-electron chi connectivity index (χ4n) is 2.53. The Kier molecular flexibility index (Phi) is 5.99. The van der Waals surface area contributed by atoms with Crippen LogP contribution in [0.2, 0.25) is 0 Å². The molecule has 24 heavy (non-hydrogen) atoms. The zero-order valence-corrected chi connectivity index (χ0v) is 14.7. The van der Waals surface area contributed by atoms with Gasteiger partial charge in [0.15, 0.2) is 5.06 Å². The van der Waals surface area contributed by atoms with Gasteiger partial charge in [0.1, 0.15) is 6.61 Å². The van der Waals surface area contributed by atoms with Gasteiger partial charge in [-0.2, -0.15) is 0 Å². The zero-order valence-electron chi connectivity index (χ0n) is 13.9. The van der Waals surface area contributed by atoms with Crippen LogP contribution in [-0.2, 0) is 13.0 Å². The largest absolute Gasteiger partial charge is 0.482 e. The smallest absolute Gasteiger partial charge is 0.176 e. The second-order valence-electron chi connectivity index (χ2n) is 5.56. The Morgan fingerprint density at radius 2 is 1.96 bits per heavy atom. The van der Waals surface area contributed by atoms with Crippen LogP contribution in [0.4, 0.5) is 0 Å². The standard InChI is InChI=1S/C20H22N2OS/c1-2-17-8-11-24-20(17)23-10-9-21-13-16-12-19(15-22-14-16)18-6-4-3-5-7-18/h3-8,11-12,14-15,21H,2,9-10,13H2,1H3. The molecule has 0 amide bonds. The van der Waals surface area contributed by atoms with E-state index in [4.69, 9.17) is 4.74 Å². The molecular formula is C20H22N2OS. The van der Waals surface area contributed by atoms with Gasteiger partial charge in [0.25, 0.3) is 0 Å². The number of hydrogen-bond acceptors (Lipinski definition) is 4. The second-order valence-corrected chi connectivity index (χ2v) is 6.44. The minimum Gasteiger partial charge on any atom is -0.482 e. The molecule has 0 saturated carbocycles. The SMILES string of the molecule is CCc1ccsc1OCCNCc1cncc(-c2ccccc2)c1. The molecule has 124 valence electrons. The van der Waals surface area contributed by atoms with Crippen LogP contribution in [0, 0.1) is 0 Å². The topological polar surface area (TPSA) is 34.1 Å². The Bertz CT molecular complexity index is 755. The molecule has 2 aromatic heterocycles. The lowest BCUT2D eigenvalue weighted by atomic mass is 10.1. The number of ether oxygens (including phenoxy) is 1. The zero-order chi connectivity index (χ0) is 16.6. The molecule has 0 unspecified atom stereocenters. The van der Waals surface area contributed by atoms with Crippen LogP contribution in [0.3, 0.4) is 0 Å². The molecule has 1 N–H and O–H groups in total. The first kappa shape index (κ1) is 16.7. The van der Waals surface area contributed by atoms with Crippen molar-refractivity contribution in [3.8, 4) is 16.2 Å². The third-order valence-corrected chi connectivity index (χ3v) is 4.70. The van der Waals surface area contributed by atoms with Crippen molar-refractivity contribution in [2.45, 2.75) is 19.9 Å². The van der Waals surface area contributed by atoms with Gasteiger partial charge in [-0.15, -0.1) is 11.3 Å². The summed E-state index contributed by atoms with van der Waals surface area (Å²) >= 11 is 1.67. The number of aryl methyl sites for hydroxylation is 1. The Balaban J connectivity index is 1.47. The van der Waals surface area contributed by atoms with Gasteiger partial charge in [0, 0.05) is 36.6 Å². The number of rotatable bonds is 8. The molecular weight excluding hydrogens is 316 g/mol. The first-order chi connectivity index (χ1) is 11.9. The summed E-state index contributed by atoms with van der Waals surface area (Å²) in [5.41, 5.74) is 4.82. The average Bonchev–Trinajstić information content (AvgIpc) is 3.10. The Morgan fingerprint density at radius 3 is 2.79 bits per heavy atom. The molecule has 2 heterocycles. The fourth-order valence-corrected chi connectivity index (χ4v) is 3.40. The average molecular weight is 338 g/mol. The highest BCUT2D eigenvalue weighted by molar-refractivity contribution is 7.12. The number of aromatic nitrogens is 1. The predicted octanol–water partition coefficient (Wildman–Crippen LogP) is 4.54. The Labute approximate surface area is 147 Å². The molecule has 0 saturated heterocycles. The normalized spacial score (nSPS) is 10.7. The van der Waals surface area contributed by atoms with Crippen LogP contribution < -0.4 is 10.1 Å². The molecule has 0 fully saturated rings. The third-order valence-electron chi connectivity index (χ3n) is 3.83. The summed E-state index contributed by atoms with van der Waals surface area (Å²) in [5.74, 6) is 0. The minimum atomic E-state index is 0.680. The van der Waals surface area contributed by atoms with E-state index in [0.717, 1.165) is 30.1 Å². The van der Waals surface area contributed by atoms with E-state index in [-0.39, 0.29) is 0 Å². The maximum atomic E-state index is 5.84. The highest BCUT2D eigenvalue weighted by atomic mass is 32.1. The molecule has 0 atom stereocenters. The van der Waals surface area contributed by atoms with Crippen molar-refractivity contribution in [3.05, 3.63) is 71.4 Å². The second kappa shape index (κ2) is 8.62. The van der Waals surface area contributed by atoms with Gasteiger partial charge >= 0.3 is 0 Å². The lowest BCUT2D eigenvalue weighted by molar-refractivity contribution is 0.320. The van der Waals surface area contributed by atoms with Gasteiger partial charge in [-0.25, -0.2) is 0 Å². The molecule has 0 spiro atoms. The molecule has 3 nitrogen and oxygen atoms in total. The van der Waals surface area contributed by atoms with Crippen molar-refractivity contribution in [3.63, 3.8) is 0 Å². The van der Waals surface area contributed by atoms with Crippen LogP contribution in [0.1, 0.15) is 18.1 Å². The summed E-state index contributed by atoms with van der Waals surface area (Å²) in [5, 5.41) is 6.55. The van der Waals surface area contributed by atoms with Crippen molar-refractivity contribution in [1.82, 2.24) is 10.3 Å². The van der Waals surface area contributed by atoms with Gasteiger partial charge in [-0.3, -0.25) is 4.98 Å². The number of benzene rings is 1. The highest BCUT2D eigenvalue weighted by Crippen LogP contribution is 2.26. The number of hydrogen-bond donors (Lipinski definition) is 1. The molecule has 0 aliphatic carbocycles. The van der Waals surface area contributed by atoms with E-state index < -0.39 is 0 Å². The summed E-state index contributed by atoms with van der Waals surface area (Å²) in [7, 11) is 0. The van der Waals surface area contributed by atoms with Gasteiger partial charge in [0.05, 0.1) is 0 Å².